The molecule has 1 aliphatic heterocycles. The molecule has 0 aliphatic carbocycles. The highest BCUT2D eigenvalue weighted by Crippen LogP contribution is 2.36. The van der Waals surface area contributed by atoms with E-state index in [4.69, 9.17) is 5.11 Å². The Kier molecular flexibility index (Phi) is 6.52. The monoisotopic (exact) mass is 359 g/mol. The zero-order chi connectivity index (χ0) is 18.4. The van der Waals surface area contributed by atoms with Crippen molar-refractivity contribution in [3.05, 3.63) is 23.8 Å². The van der Waals surface area contributed by atoms with E-state index in [2.05, 4.69) is 5.32 Å². The first-order chi connectivity index (χ1) is 11.9. The van der Waals surface area contributed by atoms with Crippen LogP contribution >= 0.6 is 0 Å². The van der Waals surface area contributed by atoms with E-state index in [0.29, 0.717) is 18.7 Å². The van der Waals surface area contributed by atoms with Crippen LogP contribution in [0, 0.1) is 0 Å². The second-order valence-electron chi connectivity index (χ2n) is 6.06. The number of carbonyl (C=O) groups is 1. The predicted molar refractivity (Wildman–Crippen MR) is 90.9 cm³/mol. The van der Waals surface area contributed by atoms with E-state index in [1.54, 1.807) is 0 Å². The number of carbonyl (C=O) groups excluding carboxylic acids is 1. The molecule has 2 N–H and O–H groups in total. The van der Waals surface area contributed by atoms with Gasteiger partial charge in [-0.1, -0.05) is 6.92 Å². The van der Waals surface area contributed by atoms with Crippen LogP contribution < -0.4 is 10.2 Å². The lowest BCUT2D eigenvalue weighted by Crippen LogP contribution is -2.38. The summed E-state index contributed by atoms with van der Waals surface area (Å²) in [6.07, 6.45) is -1.84. The number of nitrogens with one attached hydrogen (secondary N) is 1. The van der Waals surface area contributed by atoms with Gasteiger partial charge in [0.15, 0.2) is 0 Å². The summed E-state index contributed by atoms with van der Waals surface area (Å²) >= 11 is 0. The minimum absolute atomic E-state index is 0.137. The molecule has 0 aromatic heterocycles. The summed E-state index contributed by atoms with van der Waals surface area (Å²) in [5.41, 5.74) is -0.0463. The van der Waals surface area contributed by atoms with Crippen LogP contribution in [0.5, 0.6) is 0 Å². The van der Waals surface area contributed by atoms with Crippen molar-refractivity contribution in [3.8, 4) is 0 Å². The summed E-state index contributed by atoms with van der Waals surface area (Å²) < 4.78 is 39.1. The van der Waals surface area contributed by atoms with Crippen molar-refractivity contribution in [1.29, 1.82) is 0 Å². The minimum atomic E-state index is -4.47. The molecule has 1 saturated heterocycles. The fraction of sp³-hybridized carbons (Fsp3) is 0.588. The third kappa shape index (κ3) is 5.01. The van der Waals surface area contributed by atoms with Crippen LogP contribution in [0.2, 0.25) is 0 Å². The van der Waals surface area contributed by atoms with E-state index < -0.39 is 17.8 Å². The molecule has 1 aromatic carbocycles. The van der Waals surface area contributed by atoms with Gasteiger partial charge in [0.25, 0.3) is 0 Å². The van der Waals surface area contributed by atoms with E-state index in [9.17, 15) is 18.0 Å². The molecule has 0 saturated carbocycles. The number of benzene rings is 1. The van der Waals surface area contributed by atoms with Crippen LogP contribution in [0.4, 0.5) is 29.3 Å². The first-order valence-electron chi connectivity index (χ1n) is 8.49. The number of anilines is 2. The Bertz CT molecular complexity index is 581. The summed E-state index contributed by atoms with van der Waals surface area (Å²) in [5, 5.41) is 11.7. The maximum Gasteiger partial charge on any atom is 0.416 e. The standard InChI is InChI=1S/C17H24F3N3O2/c1-2-7-23(10-11-24)16(25)21-14-12-13(17(18,19)20)5-6-15(14)22-8-3-4-9-22/h5-6,12,24H,2-4,7-11H2,1H3,(H,21,25). The Labute approximate surface area is 145 Å². The average Bonchev–Trinajstić information content (AvgIpc) is 3.08. The second kappa shape index (κ2) is 8.42. The van der Waals surface area contributed by atoms with Crippen LogP contribution in [-0.2, 0) is 6.18 Å². The van der Waals surface area contributed by atoms with Gasteiger partial charge in [-0.15, -0.1) is 0 Å². The zero-order valence-electron chi connectivity index (χ0n) is 14.3. The number of rotatable bonds is 6. The van der Waals surface area contributed by atoms with Gasteiger partial charge in [0.05, 0.1) is 23.5 Å². The molecular formula is C17H24F3N3O2. The molecule has 1 aromatic rings. The van der Waals surface area contributed by atoms with Crippen LogP contribution in [-0.4, -0.2) is 48.8 Å². The molecule has 0 bridgehead atoms. The summed E-state index contributed by atoms with van der Waals surface area (Å²) in [6.45, 7) is 3.75. The van der Waals surface area contributed by atoms with Crippen molar-refractivity contribution in [1.82, 2.24) is 4.90 Å². The normalized spacial score (nSPS) is 14.7. The van der Waals surface area contributed by atoms with Gasteiger partial charge in [0.2, 0.25) is 0 Å². The quantitative estimate of drug-likeness (QED) is 0.817. The average molecular weight is 359 g/mol. The number of alkyl halides is 3. The van der Waals surface area contributed by atoms with Gasteiger partial charge >= 0.3 is 12.2 Å². The molecule has 1 heterocycles. The van der Waals surface area contributed by atoms with E-state index >= 15 is 0 Å². The second-order valence-corrected chi connectivity index (χ2v) is 6.06. The molecule has 0 radical (unpaired) electrons. The number of nitrogens with zero attached hydrogens (tertiary/aromatic N) is 2. The van der Waals surface area contributed by atoms with Gasteiger partial charge in [-0.05, 0) is 37.5 Å². The molecular weight excluding hydrogens is 335 g/mol. The molecule has 5 nitrogen and oxygen atoms in total. The third-order valence-electron chi connectivity index (χ3n) is 4.16. The van der Waals surface area contributed by atoms with Gasteiger partial charge in [-0.2, -0.15) is 13.2 Å². The number of hydrogen-bond donors (Lipinski definition) is 2. The molecule has 25 heavy (non-hydrogen) atoms. The van der Waals surface area contributed by atoms with E-state index in [-0.39, 0.29) is 18.8 Å². The van der Waals surface area contributed by atoms with Crippen LogP contribution in [0.1, 0.15) is 31.7 Å². The fourth-order valence-electron chi connectivity index (χ4n) is 2.95. The van der Waals surface area contributed by atoms with Crippen molar-refractivity contribution in [3.63, 3.8) is 0 Å². The van der Waals surface area contributed by atoms with Crippen molar-refractivity contribution in [2.24, 2.45) is 0 Å². The highest BCUT2D eigenvalue weighted by molar-refractivity contribution is 5.93. The molecule has 2 rings (SSSR count). The topological polar surface area (TPSA) is 55.8 Å². The first-order valence-corrected chi connectivity index (χ1v) is 8.49. The van der Waals surface area contributed by atoms with Crippen molar-refractivity contribution in [2.75, 3.05) is 43.0 Å². The maximum atomic E-state index is 13.0. The van der Waals surface area contributed by atoms with E-state index in [1.807, 2.05) is 11.8 Å². The smallest absolute Gasteiger partial charge is 0.395 e. The lowest BCUT2D eigenvalue weighted by molar-refractivity contribution is -0.137. The fourth-order valence-corrected chi connectivity index (χ4v) is 2.95. The van der Waals surface area contributed by atoms with Crippen molar-refractivity contribution < 1.29 is 23.1 Å². The van der Waals surface area contributed by atoms with Crippen LogP contribution in [0.25, 0.3) is 0 Å². The lowest BCUT2D eigenvalue weighted by Gasteiger charge is -2.26. The Morgan fingerprint density at radius 1 is 1.28 bits per heavy atom. The largest absolute Gasteiger partial charge is 0.416 e. The SMILES string of the molecule is CCCN(CCO)C(=O)Nc1cc(C(F)(F)F)ccc1N1CCCC1. The Morgan fingerprint density at radius 3 is 2.52 bits per heavy atom. The molecule has 0 unspecified atom stereocenters. The highest BCUT2D eigenvalue weighted by atomic mass is 19.4. The number of amides is 2. The third-order valence-corrected chi connectivity index (χ3v) is 4.16. The van der Waals surface area contributed by atoms with Crippen LogP contribution in [0.3, 0.4) is 0 Å². The Balaban J connectivity index is 2.29. The minimum Gasteiger partial charge on any atom is -0.395 e. The summed E-state index contributed by atoms with van der Waals surface area (Å²) in [5.74, 6) is 0. The van der Waals surface area contributed by atoms with Crippen LogP contribution in [0.15, 0.2) is 18.2 Å². The summed E-state index contributed by atoms with van der Waals surface area (Å²) in [7, 11) is 0. The Hall–Kier alpha value is -1.96. The summed E-state index contributed by atoms with van der Waals surface area (Å²) in [6, 6.07) is 2.94. The van der Waals surface area contributed by atoms with Gasteiger partial charge in [0.1, 0.15) is 0 Å². The molecule has 1 fully saturated rings. The molecule has 0 atom stereocenters. The maximum absolute atomic E-state index is 13.0. The van der Waals surface area contributed by atoms with Crippen molar-refractivity contribution >= 4 is 17.4 Å². The van der Waals surface area contributed by atoms with E-state index in [1.165, 1.54) is 11.0 Å². The first kappa shape index (κ1) is 19.4. The van der Waals surface area contributed by atoms with Gasteiger partial charge < -0.3 is 20.2 Å². The number of urea groups is 1. The zero-order valence-corrected chi connectivity index (χ0v) is 14.3. The predicted octanol–water partition coefficient (Wildman–Crippen LogP) is 3.54. The number of halogens is 3. The molecule has 140 valence electrons. The number of aliphatic hydroxyl groups is 1. The summed E-state index contributed by atoms with van der Waals surface area (Å²) in [4.78, 5) is 15.8. The van der Waals surface area contributed by atoms with Crippen molar-refractivity contribution in [2.45, 2.75) is 32.4 Å². The number of hydrogen-bond acceptors (Lipinski definition) is 3. The van der Waals surface area contributed by atoms with Gasteiger partial charge in [0, 0.05) is 26.2 Å². The molecule has 8 heteroatoms. The number of aliphatic hydroxyl groups excluding tert-OH is 1. The molecule has 0 spiro atoms. The molecule has 2 amide bonds. The Morgan fingerprint density at radius 2 is 1.96 bits per heavy atom. The molecule has 1 aliphatic rings. The highest BCUT2D eigenvalue weighted by Gasteiger charge is 2.32. The van der Waals surface area contributed by atoms with E-state index in [0.717, 1.165) is 38.1 Å². The van der Waals surface area contributed by atoms with Gasteiger partial charge in [-0.3, -0.25) is 0 Å². The van der Waals surface area contributed by atoms with Gasteiger partial charge in [-0.25, -0.2) is 4.79 Å². The lowest BCUT2D eigenvalue weighted by atomic mass is 10.1.